The lowest BCUT2D eigenvalue weighted by atomic mass is 9.97. The van der Waals surface area contributed by atoms with Crippen molar-refractivity contribution in [2.24, 2.45) is 11.8 Å². The molecule has 17 heavy (non-hydrogen) atoms. The zero-order valence-electron chi connectivity index (χ0n) is 11.7. The van der Waals surface area contributed by atoms with Crippen LogP contribution < -0.4 is 5.32 Å². The maximum Gasteiger partial charge on any atom is 0.225 e. The Morgan fingerprint density at radius 1 is 1.47 bits per heavy atom. The summed E-state index contributed by atoms with van der Waals surface area (Å²) in [7, 11) is 0. The minimum atomic E-state index is 0.191. The van der Waals surface area contributed by atoms with Crippen molar-refractivity contribution < 1.29 is 4.79 Å². The van der Waals surface area contributed by atoms with E-state index in [9.17, 15) is 4.79 Å². The van der Waals surface area contributed by atoms with Crippen molar-refractivity contribution in [1.29, 1.82) is 0 Å². The van der Waals surface area contributed by atoms with Gasteiger partial charge in [-0.3, -0.25) is 4.79 Å². The molecule has 1 amide bonds. The first-order chi connectivity index (χ1) is 8.19. The number of hydrogen-bond donors (Lipinski definition) is 1. The molecular weight excluding hydrogens is 212 g/mol. The summed E-state index contributed by atoms with van der Waals surface area (Å²) < 4.78 is 0. The van der Waals surface area contributed by atoms with Crippen molar-refractivity contribution in [3.05, 3.63) is 0 Å². The topological polar surface area (TPSA) is 32.3 Å². The van der Waals surface area contributed by atoms with E-state index in [0.29, 0.717) is 11.8 Å². The third kappa shape index (κ3) is 4.66. The average molecular weight is 240 g/mol. The molecule has 0 aliphatic carbocycles. The van der Waals surface area contributed by atoms with Crippen molar-refractivity contribution in [2.75, 3.05) is 26.2 Å². The normalized spacial score (nSPS) is 22.2. The highest BCUT2D eigenvalue weighted by Crippen LogP contribution is 2.15. The molecule has 1 saturated heterocycles. The van der Waals surface area contributed by atoms with Crippen LogP contribution in [0.3, 0.4) is 0 Å². The smallest absolute Gasteiger partial charge is 0.225 e. The van der Waals surface area contributed by atoms with Crippen LogP contribution in [0, 0.1) is 11.8 Å². The molecule has 0 aromatic rings. The summed E-state index contributed by atoms with van der Waals surface area (Å²) in [5, 5.41) is 3.42. The minimum Gasteiger partial charge on any atom is -0.342 e. The zero-order valence-corrected chi connectivity index (χ0v) is 11.7. The second kappa shape index (κ2) is 7.70. The molecule has 1 heterocycles. The van der Waals surface area contributed by atoms with E-state index in [1.165, 1.54) is 12.8 Å². The maximum absolute atomic E-state index is 12.2. The minimum absolute atomic E-state index is 0.191. The number of amides is 1. The van der Waals surface area contributed by atoms with Gasteiger partial charge in [0.25, 0.3) is 0 Å². The van der Waals surface area contributed by atoms with Crippen LogP contribution in [-0.4, -0.2) is 37.0 Å². The van der Waals surface area contributed by atoms with Gasteiger partial charge in [-0.15, -0.1) is 0 Å². The molecule has 0 bridgehead atoms. The summed E-state index contributed by atoms with van der Waals surface area (Å²) >= 11 is 0. The lowest BCUT2D eigenvalue weighted by Gasteiger charge is -2.31. The number of hydrogen-bond acceptors (Lipinski definition) is 2. The van der Waals surface area contributed by atoms with Gasteiger partial charge in [0, 0.05) is 19.0 Å². The molecule has 0 spiro atoms. The summed E-state index contributed by atoms with van der Waals surface area (Å²) in [5.74, 6) is 1.19. The van der Waals surface area contributed by atoms with Crippen LogP contribution in [0.2, 0.25) is 0 Å². The van der Waals surface area contributed by atoms with Gasteiger partial charge in [-0.2, -0.15) is 0 Å². The molecule has 1 N–H and O–H groups in total. The second-order valence-corrected chi connectivity index (χ2v) is 5.28. The highest BCUT2D eigenvalue weighted by Gasteiger charge is 2.22. The van der Waals surface area contributed by atoms with E-state index in [0.717, 1.165) is 39.0 Å². The van der Waals surface area contributed by atoms with E-state index in [-0.39, 0.29) is 5.92 Å². The van der Waals surface area contributed by atoms with Crippen LogP contribution >= 0.6 is 0 Å². The molecule has 0 aromatic carbocycles. The quantitative estimate of drug-likeness (QED) is 0.772. The van der Waals surface area contributed by atoms with Gasteiger partial charge in [0.2, 0.25) is 5.91 Å². The summed E-state index contributed by atoms with van der Waals surface area (Å²) in [6, 6.07) is 0. The molecule has 100 valence electrons. The molecule has 1 fully saturated rings. The fourth-order valence-corrected chi connectivity index (χ4v) is 2.63. The summed E-state index contributed by atoms with van der Waals surface area (Å²) in [4.78, 5) is 14.3. The van der Waals surface area contributed by atoms with E-state index >= 15 is 0 Å². The standard InChI is InChI=1S/C14H28N2O/c1-4-7-12(3)14(17)16(5-2)11-13-8-6-9-15-10-13/h12-13,15H,4-11H2,1-3H3. The Bertz CT molecular complexity index is 224. The molecule has 0 aromatic heterocycles. The zero-order chi connectivity index (χ0) is 12.7. The van der Waals surface area contributed by atoms with Gasteiger partial charge in [0.1, 0.15) is 0 Å². The largest absolute Gasteiger partial charge is 0.342 e. The molecule has 1 aliphatic rings. The number of carbonyl (C=O) groups excluding carboxylic acids is 1. The van der Waals surface area contributed by atoms with Gasteiger partial charge in [-0.05, 0) is 45.2 Å². The van der Waals surface area contributed by atoms with Gasteiger partial charge in [-0.1, -0.05) is 20.3 Å². The van der Waals surface area contributed by atoms with Crippen LogP contribution in [-0.2, 0) is 4.79 Å². The van der Waals surface area contributed by atoms with Crippen molar-refractivity contribution in [3.8, 4) is 0 Å². The SMILES string of the molecule is CCCC(C)C(=O)N(CC)CC1CCCNC1. The van der Waals surface area contributed by atoms with Gasteiger partial charge in [0.15, 0.2) is 0 Å². The Labute approximate surface area is 106 Å². The Morgan fingerprint density at radius 2 is 2.24 bits per heavy atom. The third-order valence-corrected chi connectivity index (χ3v) is 3.71. The second-order valence-electron chi connectivity index (χ2n) is 5.28. The highest BCUT2D eigenvalue weighted by molar-refractivity contribution is 5.78. The van der Waals surface area contributed by atoms with Crippen LogP contribution in [0.25, 0.3) is 0 Å². The molecule has 2 atom stereocenters. The number of piperidine rings is 1. The summed E-state index contributed by atoms with van der Waals surface area (Å²) in [6.07, 6.45) is 4.62. The fraction of sp³-hybridized carbons (Fsp3) is 0.929. The molecular formula is C14H28N2O. The maximum atomic E-state index is 12.2. The lowest BCUT2D eigenvalue weighted by molar-refractivity contribution is -0.135. The van der Waals surface area contributed by atoms with Crippen molar-refractivity contribution in [3.63, 3.8) is 0 Å². The van der Waals surface area contributed by atoms with Gasteiger partial charge >= 0.3 is 0 Å². The number of nitrogens with one attached hydrogen (secondary N) is 1. The van der Waals surface area contributed by atoms with Gasteiger partial charge in [-0.25, -0.2) is 0 Å². The molecule has 3 nitrogen and oxygen atoms in total. The van der Waals surface area contributed by atoms with Crippen LogP contribution in [0.4, 0.5) is 0 Å². The first-order valence-corrected chi connectivity index (χ1v) is 7.18. The molecule has 0 radical (unpaired) electrons. The van der Waals surface area contributed by atoms with Crippen LogP contribution in [0.5, 0.6) is 0 Å². The fourth-order valence-electron chi connectivity index (χ4n) is 2.63. The highest BCUT2D eigenvalue weighted by atomic mass is 16.2. The summed E-state index contributed by atoms with van der Waals surface area (Å²) in [6.45, 7) is 10.3. The van der Waals surface area contributed by atoms with Crippen LogP contribution in [0.1, 0.15) is 46.5 Å². The molecule has 2 unspecified atom stereocenters. The van der Waals surface area contributed by atoms with E-state index in [4.69, 9.17) is 0 Å². The third-order valence-electron chi connectivity index (χ3n) is 3.71. The van der Waals surface area contributed by atoms with Gasteiger partial charge in [0.05, 0.1) is 0 Å². The number of nitrogens with zero attached hydrogens (tertiary/aromatic N) is 1. The first-order valence-electron chi connectivity index (χ1n) is 7.18. The first kappa shape index (κ1) is 14.5. The number of rotatable bonds is 6. The lowest BCUT2D eigenvalue weighted by Crippen LogP contribution is -2.42. The van der Waals surface area contributed by atoms with E-state index < -0.39 is 0 Å². The van der Waals surface area contributed by atoms with Crippen LogP contribution in [0.15, 0.2) is 0 Å². The van der Waals surface area contributed by atoms with E-state index in [1.807, 2.05) is 0 Å². The Kier molecular flexibility index (Phi) is 6.56. The predicted octanol–water partition coefficient (Wildman–Crippen LogP) is 2.27. The monoisotopic (exact) mass is 240 g/mol. The molecule has 3 heteroatoms. The summed E-state index contributed by atoms with van der Waals surface area (Å²) in [5.41, 5.74) is 0. The molecule has 1 rings (SSSR count). The van der Waals surface area contributed by atoms with E-state index in [2.05, 4.69) is 31.0 Å². The van der Waals surface area contributed by atoms with Gasteiger partial charge < -0.3 is 10.2 Å². The molecule has 1 aliphatic heterocycles. The Balaban J connectivity index is 2.43. The Morgan fingerprint density at radius 3 is 2.76 bits per heavy atom. The van der Waals surface area contributed by atoms with Crippen molar-refractivity contribution in [2.45, 2.75) is 46.5 Å². The number of carbonyl (C=O) groups is 1. The molecule has 0 saturated carbocycles. The predicted molar refractivity (Wildman–Crippen MR) is 71.9 cm³/mol. The Hall–Kier alpha value is -0.570. The average Bonchev–Trinajstić information content (AvgIpc) is 2.36. The van der Waals surface area contributed by atoms with Crippen molar-refractivity contribution in [1.82, 2.24) is 10.2 Å². The van der Waals surface area contributed by atoms with Crippen molar-refractivity contribution >= 4 is 5.91 Å². The van der Waals surface area contributed by atoms with E-state index in [1.54, 1.807) is 0 Å².